The summed E-state index contributed by atoms with van der Waals surface area (Å²) in [6.07, 6.45) is 3.02. The fourth-order valence-electron chi connectivity index (χ4n) is 2.32. The van der Waals surface area contributed by atoms with E-state index in [4.69, 9.17) is 16.7 Å². The fourth-order valence-corrected chi connectivity index (χ4v) is 2.49. The third-order valence-corrected chi connectivity index (χ3v) is 3.82. The first-order chi connectivity index (χ1) is 12.2. The van der Waals surface area contributed by atoms with Gasteiger partial charge >= 0.3 is 0 Å². The largest absolute Gasteiger partial charge is 0.506 e. The topological polar surface area (TPSA) is 103 Å². The van der Waals surface area contributed by atoms with Crippen LogP contribution >= 0.6 is 11.6 Å². The summed E-state index contributed by atoms with van der Waals surface area (Å²) in [6.45, 7) is 0.891. The third-order valence-electron chi connectivity index (χ3n) is 3.58. The van der Waals surface area contributed by atoms with Gasteiger partial charge in [-0.3, -0.25) is 0 Å². The second-order valence-corrected chi connectivity index (χ2v) is 5.87. The van der Waals surface area contributed by atoms with Crippen molar-refractivity contribution in [2.24, 2.45) is 0 Å². The van der Waals surface area contributed by atoms with Crippen molar-refractivity contribution in [3.8, 4) is 5.75 Å². The standard InChI is InChI=1S/C17H18ClN5O2/c18-11-3-5-14(25)13(9-11)22-17-16-12(20-10-21-17)4-6-15(23-16)19-7-1-2-8-24/h3-6,9-10,24-25H,1-2,7-8H2,(H,19,23)(H,20,21,22). The zero-order chi connectivity index (χ0) is 17.6. The molecule has 3 rings (SSSR count). The Balaban J connectivity index is 1.88. The number of phenols is 1. The average molecular weight is 360 g/mol. The number of phenolic OH excluding ortho intramolecular Hbond substituents is 1. The van der Waals surface area contributed by atoms with E-state index >= 15 is 0 Å². The van der Waals surface area contributed by atoms with Gasteiger partial charge in [-0.05, 0) is 43.2 Å². The molecule has 8 heteroatoms. The summed E-state index contributed by atoms with van der Waals surface area (Å²) in [7, 11) is 0. The lowest BCUT2D eigenvalue weighted by atomic mass is 10.2. The van der Waals surface area contributed by atoms with Gasteiger partial charge in [0.1, 0.15) is 23.4 Å². The van der Waals surface area contributed by atoms with E-state index in [1.807, 2.05) is 12.1 Å². The minimum absolute atomic E-state index is 0.0643. The number of rotatable bonds is 7. The number of aromatic hydroxyl groups is 1. The molecule has 0 atom stereocenters. The molecule has 0 spiro atoms. The maximum absolute atomic E-state index is 9.97. The van der Waals surface area contributed by atoms with Crippen LogP contribution < -0.4 is 10.6 Å². The molecule has 0 aliphatic heterocycles. The van der Waals surface area contributed by atoms with Crippen molar-refractivity contribution in [3.63, 3.8) is 0 Å². The van der Waals surface area contributed by atoms with Crippen LogP contribution in [0.4, 0.5) is 17.3 Å². The second-order valence-electron chi connectivity index (χ2n) is 5.43. The average Bonchev–Trinajstić information content (AvgIpc) is 2.62. The van der Waals surface area contributed by atoms with E-state index in [9.17, 15) is 5.11 Å². The van der Waals surface area contributed by atoms with Gasteiger partial charge in [-0.2, -0.15) is 0 Å². The van der Waals surface area contributed by atoms with Crippen molar-refractivity contribution in [2.45, 2.75) is 12.8 Å². The Morgan fingerprint density at radius 2 is 1.96 bits per heavy atom. The van der Waals surface area contributed by atoms with Gasteiger partial charge < -0.3 is 20.8 Å². The van der Waals surface area contributed by atoms with Gasteiger partial charge in [0.2, 0.25) is 0 Å². The molecule has 25 heavy (non-hydrogen) atoms. The van der Waals surface area contributed by atoms with E-state index in [-0.39, 0.29) is 12.4 Å². The van der Waals surface area contributed by atoms with Crippen molar-refractivity contribution in [2.75, 3.05) is 23.8 Å². The number of aliphatic hydroxyl groups excluding tert-OH is 1. The Kier molecular flexibility index (Phi) is 5.47. The van der Waals surface area contributed by atoms with Crippen LogP contribution in [-0.4, -0.2) is 38.3 Å². The van der Waals surface area contributed by atoms with Gasteiger partial charge in [-0.1, -0.05) is 11.6 Å². The Hall–Kier alpha value is -2.64. The van der Waals surface area contributed by atoms with Crippen LogP contribution in [0.5, 0.6) is 5.75 Å². The highest BCUT2D eigenvalue weighted by Gasteiger charge is 2.09. The lowest BCUT2D eigenvalue weighted by Gasteiger charge is -2.11. The molecule has 3 aromatic rings. The van der Waals surface area contributed by atoms with Crippen LogP contribution in [0.2, 0.25) is 5.02 Å². The van der Waals surface area contributed by atoms with Crippen LogP contribution in [0.1, 0.15) is 12.8 Å². The van der Waals surface area contributed by atoms with Gasteiger partial charge in [-0.25, -0.2) is 15.0 Å². The summed E-state index contributed by atoms with van der Waals surface area (Å²) < 4.78 is 0. The number of fused-ring (bicyclic) bond motifs is 1. The number of pyridine rings is 1. The maximum atomic E-state index is 9.97. The van der Waals surface area contributed by atoms with E-state index in [2.05, 4.69) is 25.6 Å². The monoisotopic (exact) mass is 359 g/mol. The molecule has 0 aliphatic carbocycles. The molecule has 0 amide bonds. The molecule has 2 heterocycles. The summed E-state index contributed by atoms with van der Waals surface area (Å²) in [5.41, 5.74) is 1.70. The summed E-state index contributed by atoms with van der Waals surface area (Å²) in [4.78, 5) is 13.0. The molecule has 0 radical (unpaired) electrons. The van der Waals surface area contributed by atoms with Gasteiger partial charge in [-0.15, -0.1) is 0 Å². The molecule has 0 unspecified atom stereocenters. The molecule has 130 valence electrons. The van der Waals surface area contributed by atoms with Crippen LogP contribution in [0.15, 0.2) is 36.7 Å². The Labute approximate surface area is 149 Å². The van der Waals surface area contributed by atoms with Gasteiger partial charge in [0.05, 0.1) is 11.2 Å². The molecular weight excluding hydrogens is 342 g/mol. The van der Waals surface area contributed by atoms with E-state index in [1.54, 1.807) is 12.1 Å². The molecule has 0 saturated carbocycles. The molecule has 7 nitrogen and oxygen atoms in total. The summed E-state index contributed by atoms with van der Waals surface area (Å²) in [5.74, 6) is 1.23. The molecule has 2 aromatic heterocycles. The van der Waals surface area contributed by atoms with Crippen molar-refractivity contribution in [1.82, 2.24) is 15.0 Å². The zero-order valence-electron chi connectivity index (χ0n) is 13.4. The molecule has 1 aromatic carbocycles. The van der Waals surface area contributed by atoms with Crippen LogP contribution in [0, 0.1) is 0 Å². The quantitative estimate of drug-likeness (QED) is 0.379. The maximum Gasteiger partial charge on any atom is 0.160 e. The summed E-state index contributed by atoms with van der Waals surface area (Å²) in [5, 5.41) is 25.6. The molecule has 0 aliphatic rings. The lowest BCUT2D eigenvalue weighted by Crippen LogP contribution is -2.05. The number of anilines is 3. The predicted octanol–water partition coefficient (Wildman–Crippen LogP) is 3.31. The van der Waals surface area contributed by atoms with E-state index < -0.39 is 0 Å². The van der Waals surface area contributed by atoms with E-state index in [0.717, 1.165) is 12.8 Å². The lowest BCUT2D eigenvalue weighted by molar-refractivity contribution is 0.286. The van der Waals surface area contributed by atoms with Gasteiger partial charge in [0.15, 0.2) is 5.82 Å². The molecule has 0 bridgehead atoms. The predicted molar refractivity (Wildman–Crippen MR) is 98.5 cm³/mol. The smallest absolute Gasteiger partial charge is 0.160 e. The molecule has 0 fully saturated rings. The number of hydrogen-bond acceptors (Lipinski definition) is 7. The summed E-state index contributed by atoms with van der Waals surface area (Å²) >= 11 is 5.98. The Morgan fingerprint density at radius 1 is 1.08 bits per heavy atom. The normalized spacial score (nSPS) is 10.8. The SMILES string of the molecule is OCCCCNc1ccc2ncnc(Nc3cc(Cl)ccc3O)c2n1. The summed E-state index contributed by atoms with van der Waals surface area (Å²) in [6, 6.07) is 8.42. The van der Waals surface area contributed by atoms with E-state index in [1.165, 1.54) is 12.4 Å². The number of aromatic nitrogens is 3. The van der Waals surface area contributed by atoms with Crippen molar-refractivity contribution in [3.05, 3.63) is 41.7 Å². The number of nitrogens with one attached hydrogen (secondary N) is 2. The van der Waals surface area contributed by atoms with Crippen molar-refractivity contribution >= 4 is 40.0 Å². The minimum atomic E-state index is 0.0643. The number of aliphatic hydroxyl groups is 1. The first-order valence-corrected chi connectivity index (χ1v) is 8.27. The first-order valence-electron chi connectivity index (χ1n) is 7.89. The highest BCUT2D eigenvalue weighted by molar-refractivity contribution is 6.31. The van der Waals surface area contributed by atoms with Crippen molar-refractivity contribution in [1.29, 1.82) is 0 Å². The minimum Gasteiger partial charge on any atom is -0.506 e. The number of benzene rings is 1. The molecular formula is C17H18ClN5O2. The first kappa shape index (κ1) is 17.2. The van der Waals surface area contributed by atoms with Gasteiger partial charge in [0.25, 0.3) is 0 Å². The van der Waals surface area contributed by atoms with Crippen LogP contribution in [0.3, 0.4) is 0 Å². The van der Waals surface area contributed by atoms with Gasteiger partial charge in [0, 0.05) is 18.2 Å². The number of hydrogen-bond donors (Lipinski definition) is 4. The highest BCUT2D eigenvalue weighted by Crippen LogP contribution is 2.30. The number of halogens is 1. The fraction of sp³-hybridized carbons (Fsp3) is 0.235. The van der Waals surface area contributed by atoms with Crippen LogP contribution in [-0.2, 0) is 0 Å². The Morgan fingerprint density at radius 3 is 2.80 bits per heavy atom. The van der Waals surface area contributed by atoms with Crippen molar-refractivity contribution < 1.29 is 10.2 Å². The second kappa shape index (κ2) is 7.96. The molecule has 4 N–H and O–H groups in total. The molecule has 0 saturated heterocycles. The van der Waals surface area contributed by atoms with Crippen LogP contribution in [0.25, 0.3) is 11.0 Å². The number of nitrogens with zero attached hydrogens (tertiary/aromatic N) is 3. The third kappa shape index (κ3) is 4.26. The Bertz CT molecular complexity index is 875. The number of unbranched alkanes of at least 4 members (excludes halogenated alkanes) is 1. The van der Waals surface area contributed by atoms with E-state index in [0.29, 0.717) is 39.9 Å². The zero-order valence-corrected chi connectivity index (χ0v) is 14.2. The highest BCUT2D eigenvalue weighted by atomic mass is 35.5.